The van der Waals surface area contributed by atoms with Crippen LogP contribution >= 0.6 is 0 Å². The molecule has 2 saturated heterocycles. The van der Waals surface area contributed by atoms with Crippen molar-refractivity contribution in [3.8, 4) is 28.6 Å². The van der Waals surface area contributed by atoms with Crippen molar-refractivity contribution in [3.05, 3.63) is 49.1 Å². The quantitative estimate of drug-likeness (QED) is 0.688. The Labute approximate surface area is 173 Å². The summed E-state index contributed by atoms with van der Waals surface area (Å²) in [5.41, 5.74) is 1.02. The van der Waals surface area contributed by atoms with Crippen molar-refractivity contribution in [2.75, 3.05) is 6.54 Å². The molecule has 0 unspecified atom stereocenters. The molecule has 0 amide bonds. The number of phenolic OH excluding ortho intramolecular Hbond substituents is 1. The third kappa shape index (κ3) is 3.02. The molecular formula is C22H24FN5O2. The van der Waals surface area contributed by atoms with Gasteiger partial charge in [-0.05, 0) is 38.0 Å². The van der Waals surface area contributed by atoms with E-state index in [1.54, 1.807) is 47.6 Å². The molecule has 6 rings (SSSR count). The summed E-state index contributed by atoms with van der Waals surface area (Å²) in [7, 11) is 0. The summed E-state index contributed by atoms with van der Waals surface area (Å²) in [6.45, 7) is 4.69. The molecule has 1 aliphatic carbocycles. The van der Waals surface area contributed by atoms with E-state index in [1.807, 2.05) is 13.0 Å². The maximum absolute atomic E-state index is 15.1. The maximum atomic E-state index is 15.1. The van der Waals surface area contributed by atoms with E-state index >= 15 is 4.39 Å². The number of nitrogens with one attached hydrogen (secondary N) is 1. The molecule has 3 fully saturated rings. The molecule has 2 bridgehead atoms. The summed E-state index contributed by atoms with van der Waals surface area (Å²) >= 11 is 0. The summed E-state index contributed by atoms with van der Waals surface area (Å²) in [4.78, 5) is 4.01. The van der Waals surface area contributed by atoms with Gasteiger partial charge in [0, 0.05) is 42.0 Å². The van der Waals surface area contributed by atoms with Crippen molar-refractivity contribution in [1.29, 1.82) is 0 Å². The number of imidazole rings is 1. The zero-order valence-corrected chi connectivity index (χ0v) is 16.9. The highest BCUT2D eigenvalue weighted by atomic mass is 19.1. The molecule has 1 aromatic carbocycles. The molecule has 7 nitrogen and oxygen atoms in total. The molecule has 4 atom stereocenters. The van der Waals surface area contributed by atoms with Crippen LogP contribution in [0.15, 0.2) is 49.1 Å². The maximum Gasteiger partial charge on any atom is 0.233 e. The number of hydrogen-bond donors (Lipinski definition) is 2. The zero-order valence-electron chi connectivity index (χ0n) is 16.9. The Bertz CT molecular complexity index is 1050. The van der Waals surface area contributed by atoms with E-state index in [-0.39, 0.29) is 11.2 Å². The van der Waals surface area contributed by atoms with Gasteiger partial charge in [0.25, 0.3) is 0 Å². The van der Waals surface area contributed by atoms with Gasteiger partial charge in [-0.1, -0.05) is 6.92 Å². The lowest BCUT2D eigenvalue weighted by atomic mass is 9.61. The van der Waals surface area contributed by atoms with E-state index in [0.717, 1.165) is 25.1 Å². The number of hydrogen-bond acceptors (Lipinski definition) is 6. The number of aromatic nitrogens is 4. The lowest BCUT2D eigenvalue weighted by Gasteiger charge is -2.56. The highest BCUT2D eigenvalue weighted by Crippen LogP contribution is 2.48. The molecule has 3 aromatic rings. The van der Waals surface area contributed by atoms with E-state index in [1.165, 1.54) is 0 Å². The number of phenols is 1. The number of ether oxygens (including phenoxy) is 1. The van der Waals surface area contributed by atoms with Crippen molar-refractivity contribution in [2.45, 2.75) is 44.5 Å². The van der Waals surface area contributed by atoms with Crippen LogP contribution in [0.25, 0.3) is 16.9 Å². The molecule has 1 saturated carbocycles. The van der Waals surface area contributed by atoms with Crippen LogP contribution in [0.4, 0.5) is 4.39 Å². The number of halogens is 1. The molecule has 2 aromatic heterocycles. The second kappa shape index (κ2) is 6.77. The molecule has 2 N–H and O–H groups in total. The molecule has 8 heteroatoms. The van der Waals surface area contributed by atoms with Gasteiger partial charge in [-0.15, -0.1) is 10.2 Å². The fourth-order valence-corrected chi connectivity index (χ4v) is 4.46. The van der Waals surface area contributed by atoms with Gasteiger partial charge in [-0.2, -0.15) is 0 Å². The van der Waals surface area contributed by atoms with E-state index in [0.29, 0.717) is 17.1 Å². The number of benzene rings is 1. The van der Waals surface area contributed by atoms with Gasteiger partial charge in [-0.25, -0.2) is 9.37 Å². The molecule has 30 heavy (non-hydrogen) atoms. The van der Waals surface area contributed by atoms with Crippen molar-refractivity contribution in [2.24, 2.45) is 5.41 Å². The number of piperidine rings is 2. The van der Waals surface area contributed by atoms with Gasteiger partial charge < -0.3 is 19.7 Å². The highest BCUT2D eigenvalue weighted by molar-refractivity contribution is 5.68. The Hall–Kier alpha value is -3.00. The second-order valence-corrected chi connectivity index (χ2v) is 8.79. The standard InChI is InChI=1S/C22H24FN5O2/c1-21-7-8-22(2,25-12-21)19(23)20(21)30-18-6-5-16(26-27-18)15-4-3-14(11-17(15)29)28-10-9-24-13-28/h3-6,9-11,13,19-20,25,29H,7-8,12H2,1-2H3/t19-,20+,21-,22-/m0/s1. The van der Waals surface area contributed by atoms with Crippen LogP contribution in [-0.2, 0) is 0 Å². The zero-order chi connectivity index (χ0) is 20.9. The Morgan fingerprint density at radius 1 is 1.20 bits per heavy atom. The Balaban J connectivity index is 1.36. The van der Waals surface area contributed by atoms with Gasteiger partial charge in [0.1, 0.15) is 11.9 Å². The minimum absolute atomic E-state index is 0.0871. The van der Waals surface area contributed by atoms with Crippen LogP contribution in [0.3, 0.4) is 0 Å². The topological polar surface area (TPSA) is 85.1 Å². The summed E-state index contributed by atoms with van der Waals surface area (Å²) in [5, 5.41) is 22.1. The molecule has 3 aliphatic rings. The van der Waals surface area contributed by atoms with Crippen molar-refractivity contribution >= 4 is 0 Å². The first-order chi connectivity index (χ1) is 14.4. The number of aromatic hydroxyl groups is 1. The lowest BCUT2D eigenvalue weighted by Crippen LogP contribution is -2.72. The largest absolute Gasteiger partial charge is 0.507 e. The molecule has 156 valence electrons. The fraction of sp³-hybridized carbons (Fsp3) is 0.409. The Kier molecular flexibility index (Phi) is 4.28. The van der Waals surface area contributed by atoms with Crippen LogP contribution in [0, 0.1) is 5.41 Å². The van der Waals surface area contributed by atoms with Crippen molar-refractivity contribution in [3.63, 3.8) is 0 Å². The van der Waals surface area contributed by atoms with E-state index in [2.05, 4.69) is 27.4 Å². The van der Waals surface area contributed by atoms with Crippen LogP contribution in [0.1, 0.15) is 26.7 Å². The number of fused-ring (bicyclic) bond motifs is 3. The van der Waals surface area contributed by atoms with E-state index < -0.39 is 17.8 Å². The van der Waals surface area contributed by atoms with Crippen LogP contribution in [0.2, 0.25) is 0 Å². The monoisotopic (exact) mass is 409 g/mol. The first-order valence-corrected chi connectivity index (χ1v) is 10.1. The van der Waals surface area contributed by atoms with E-state index in [9.17, 15) is 5.11 Å². The van der Waals surface area contributed by atoms with Gasteiger partial charge in [0.05, 0.1) is 23.2 Å². The Morgan fingerprint density at radius 2 is 2.07 bits per heavy atom. The first kappa shape index (κ1) is 19.0. The van der Waals surface area contributed by atoms with Crippen LogP contribution < -0.4 is 10.1 Å². The Morgan fingerprint density at radius 3 is 2.70 bits per heavy atom. The van der Waals surface area contributed by atoms with E-state index in [4.69, 9.17) is 4.74 Å². The molecule has 0 spiro atoms. The smallest absolute Gasteiger partial charge is 0.233 e. The van der Waals surface area contributed by atoms with Crippen molar-refractivity contribution in [1.82, 2.24) is 25.1 Å². The third-order valence-electron chi connectivity index (χ3n) is 6.62. The first-order valence-electron chi connectivity index (χ1n) is 10.1. The molecular weight excluding hydrogens is 385 g/mol. The average Bonchev–Trinajstić information content (AvgIpc) is 3.28. The predicted molar refractivity (Wildman–Crippen MR) is 109 cm³/mol. The summed E-state index contributed by atoms with van der Waals surface area (Å²) in [6, 6.07) is 8.69. The van der Waals surface area contributed by atoms with Crippen molar-refractivity contribution < 1.29 is 14.2 Å². The SMILES string of the molecule is C[C@]12CC[C@](C)(NC1)[C@@H](F)[C@H]2Oc1ccc(-c2ccc(-n3ccnc3)cc2O)nn1. The van der Waals surface area contributed by atoms with Gasteiger partial charge in [0.15, 0.2) is 6.17 Å². The fourth-order valence-electron chi connectivity index (χ4n) is 4.46. The highest BCUT2D eigenvalue weighted by Gasteiger charge is 2.58. The van der Waals surface area contributed by atoms with Crippen LogP contribution in [0.5, 0.6) is 11.6 Å². The summed E-state index contributed by atoms with van der Waals surface area (Å²) in [6.07, 6.45) is 5.14. The van der Waals surface area contributed by atoms with Gasteiger partial charge in [0.2, 0.25) is 5.88 Å². The average molecular weight is 409 g/mol. The third-order valence-corrected chi connectivity index (χ3v) is 6.62. The van der Waals surface area contributed by atoms with Gasteiger partial charge >= 0.3 is 0 Å². The lowest BCUT2D eigenvalue weighted by molar-refractivity contribution is -0.120. The van der Waals surface area contributed by atoms with Gasteiger partial charge in [-0.3, -0.25) is 0 Å². The summed E-state index contributed by atoms with van der Waals surface area (Å²) < 4.78 is 22.9. The number of alkyl halides is 1. The normalized spacial score (nSPS) is 30.4. The molecule has 4 heterocycles. The molecule has 0 radical (unpaired) electrons. The predicted octanol–water partition coefficient (Wildman–Crippen LogP) is 3.28. The number of rotatable bonds is 4. The minimum atomic E-state index is -1.12. The minimum Gasteiger partial charge on any atom is -0.507 e. The second-order valence-electron chi connectivity index (χ2n) is 8.79. The molecule has 2 aliphatic heterocycles. The van der Waals surface area contributed by atoms with Crippen LogP contribution in [-0.4, -0.2) is 49.2 Å². The summed E-state index contributed by atoms with van der Waals surface area (Å²) in [5.74, 6) is 0.377. The number of nitrogens with zero attached hydrogens (tertiary/aromatic N) is 4.